The first-order chi connectivity index (χ1) is 15.7. The Morgan fingerprint density at radius 1 is 0.969 bits per heavy atom. The van der Waals surface area contributed by atoms with E-state index in [2.05, 4.69) is 20.5 Å². The summed E-state index contributed by atoms with van der Waals surface area (Å²) in [6, 6.07) is 14.3. The molecule has 32 heavy (non-hydrogen) atoms. The second kappa shape index (κ2) is 8.35. The number of nitrogens with one attached hydrogen (secondary N) is 1. The predicted molar refractivity (Wildman–Crippen MR) is 124 cm³/mol. The molecule has 0 aliphatic heterocycles. The van der Waals surface area contributed by atoms with Crippen molar-refractivity contribution in [2.45, 2.75) is 43.3 Å². The number of hydrogen-bond acceptors (Lipinski definition) is 5. The number of thioether (sulfide) groups is 1. The minimum absolute atomic E-state index is 0.109. The van der Waals surface area contributed by atoms with E-state index in [1.54, 1.807) is 12.4 Å². The van der Waals surface area contributed by atoms with Crippen LogP contribution in [0, 0.1) is 23.7 Å². The molecule has 1 aromatic carbocycles. The summed E-state index contributed by atoms with van der Waals surface area (Å²) in [5, 5.41) is 13.0. The summed E-state index contributed by atoms with van der Waals surface area (Å²) in [4.78, 5) is 17.2. The van der Waals surface area contributed by atoms with Gasteiger partial charge in [0.1, 0.15) is 0 Å². The molecule has 0 radical (unpaired) electrons. The number of rotatable bonds is 6. The van der Waals surface area contributed by atoms with Crippen molar-refractivity contribution in [2.24, 2.45) is 23.7 Å². The number of para-hydroxylation sites is 1. The molecule has 7 heteroatoms. The maximum Gasteiger partial charge on any atom is 0.230 e. The Bertz CT molecular complexity index is 1070. The van der Waals surface area contributed by atoms with Crippen LogP contribution in [0.15, 0.2) is 60.0 Å². The normalized spacial score (nSPS) is 28.1. The summed E-state index contributed by atoms with van der Waals surface area (Å²) in [5.74, 6) is 4.38. The van der Waals surface area contributed by atoms with E-state index in [1.807, 2.05) is 47.0 Å². The Kier molecular flexibility index (Phi) is 5.21. The van der Waals surface area contributed by atoms with E-state index in [-0.39, 0.29) is 5.91 Å². The Balaban J connectivity index is 1.19. The van der Waals surface area contributed by atoms with Gasteiger partial charge in [0.2, 0.25) is 5.91 Å². The Morgan fingerprint density at radius 2 is 1.72 bits per heavy atom. The average molecular weight is 446 g/mol. The van der Waals surface area contributed by atoms with Gasteiger partial charge in [-0.2, -0.15) is 0 Å². The standard InChI is InChI=1S/C25H27N5OS/c31-22(27-23-19-10-16-9-17(12-19)13-20(23)11-16)15-32-25-29-28-24(18-5-4-8-26-14-18)30(25)21-6-2-1-3-7-21/h1-8,14,16-17,19-20,23H,9-13,15H2,(H,27,31). The highest BCUT2D eigenvalue weighted by atomic mass is 32.2. The summed E-state index contributed by atoms with van der Waals surface area (Å²) in [6.07, 6.45) is 10.2. The van der Waals surface area contributed by atoms with Crippen molar-refractivity contribution in [1.82, 2.24) is 25.1 Å². The zero-order valence-corrected chi connectivity index (χ0v) is 18.7. The SMILES string of the molecule is O=C(CSc1nnc(-c2cccnc2)n1-c1ccccc1)NC1C2CC3CC(C2)CC1C3. The van der Waals surface area contributed by atoms with E-state index < -0.39 is 0 Å². The zero-order valence-electron chi connectivity index (χ0n) is 17.9. The molecule has 3 aromatic rings. The molecule has 4 aliphatic carbocycles. The molecule has 0 unspecified atom stereocenters. The molecule has 0 spiro atoms. The third-order valence-corrected chi connectivity index (χ3v) is 8.38. The van der Waals surface area contributed by atoms with Gasteiger partial charge < -0.3 is 5.32 Å². The van der Waals surface area contributed by atoms with Crippen molar-refractivity contribution in [1.29, 1.82) is 0 Å². The van der Waals surface area contributed by atoms with Crippen molar-refractivity contribution >= 4 is 17.7 Å². The molecule has 164 valence electrons. The number of amides is 1. The van der Waals surface area contributed by atoms with Gasteiger partial charge in [-0.1, -0.05) is 30.0 Å². The third-order valence-electron chi connectivity index (χ3n) is 7.45. The van der Waals surface area contributed by atoms with Gasteiger partial charge in [-0.25, -0.2) is 0 Å². The molecule has 4 bridgehead atoms. The second-order valence-corrected chi connectivity index (χ2v) is 10.5. The van der Waals surface area contributed by atoms with Crippen LogP contribution >= 0.6 is 11.8 Å². The van der Waals surface area contributed by atoms with E-state index >= 15 is 0 Å². The highest BCUT2D eigenvalue weighted by Gasteiger charge is 2.48. The first-order valence-corrected chi connectivity index (χ1v) is 12.6. The van der Waals surface area contributed by atoms with E-state index in [1.165, 1.54) is 43.9 Å². The molecular formula is C25H27N5OS. The summed E-state index contributed by atoms with van der Waals surface area (Å²) in [7, 11) is 0. The largest absolute Gasteiger partial charge is 0.352 e. The molecule has 4 aliphatic rings. The van der Waals surface area contributed by atoms with Crippen molar-refractivity contribution in [3.63, 3.8) is 0 Å². The minimum atomic E-state index is 0.109. The quantitative estimate of drug-likeness (QED) is 0.571. The number of hydrogen-bond donors (Lipinski definition) is 1. The molecular weight excluding hydrogens is 418 g/mol. The van der Waals surface area contributed by atoms with Crippen LogP contribution in [-0.4, -0.2) is 37.5 Å². The molecule has 4 saturated carbocycles. The first kappa shape index (κ1) is 20.0. The van der Waals surface area contributed by atoms with E-state index in [0.717, 1.165) is 34.1 Å². The topological polar surface area (TPSA) is 72.7 Å². The Hall–Kier alpha value is -2.67. The Morgan fingerprint density at radius 3 is 2.41 bits per heavy atom. The van der Waals surface area contributed by atoms with Crippen LogP contribution in [0.1, 0.15) is 32.1 Å². The first-order valence-electron chi connectivity index (χ1n) is 11.6. The number of aromatic nitrogens is 4. The molecule has 2 aromatic heterocycles. The monoisotopic (exact) mass is 445 g/mol. The van der Waals surface area contributed by atoms with Crippen LogP contribution in [0.3, 0.4) is 0 Å². The summed E-state index contributed by atoms with van der Waals surface area (Å²) >= 11 is 1.45. The fraction of sp³-hybridized carbons (Fsp3) is 0.440. The smallest absolute Gasteiger partial charge is 0.230 e. The molecule has 4 fully saturated rings. The summed E-state index contributed by atoms with van der Waals surface area (Å²) < 4.78 is 2.01. The molecule has 0 saturated heterocycles. The average Bonchev–Trinajstić information content (AvgIpc) is 3.25. The highest BCUT2D eigenvalue weighted by molar-refractivity contribution is 7.99. The van der Waals surface area contributed by atoms with Gasteiger partial charge in [0.25, 0.3) is 0 Å². The van der Waals surface area contributed by atoms with Crippen LogP contribution in [0.25, 0.3) is 17.1 Å². The van der Waals surface area contributed by atoms with Crippen LogP contribution in [0.2, 0.25) is 0 Å². The van der Waals surface area contributed by atoms with E-state index in [0.29, 0.717) is 23.6 Å². The lowest BCUT2D eigenvalue weighted by atomic mass is 9.54. The van der Waals surface area contributed by atoms with Gasteiger partial charge in [-0.3, -0.25) is 14.3 Å². The number of nitrogens with zero attached hydrogens (tertiary/aromatic N) is 4. The van der Waals surface area contributed by atoms with Gasteiger partial charge in [-0.05, 0) is 80.0 Å². The maximum absolute atomic E-state index is 12.9. The molecule has 7 rings (SSSR count). The van der Waals surface area contributed by atoms with Crippen LogP contribution in [-0.2, 0) is 4.79 Å². The fourth-order valence-corrected chi connectivity index (χ4v) is 7.14. The number of pyridine rings is 1. The van der Waals surface area contributed by atoms with Crippen LogP contribution < -0.4 is 5.32 Å². The van der Waals surface area contributed by atoms with Crippen molar-refractivity contribution in [3.8, 4) is 17.1 Å². The van der Waals surface area contributed by atoms with Gasteiger partial charge in [0, 0.05) is 29.7 Å². The fourth-order valence-electron chi connectivity index (χ4n) is 6.37. The van der Waals surface area contributed by atoms with Crippen molar-refractivity contribution in [3.05, 3.63) is 54.9 Å². The van der Waals surface area contributed by atoms with Crippen LogP contribution in [0.5, 0.6) is 0 Å². The van der Waals surface area contributed by atoms with Crippen molar-refractivity contribution in [2.75, 3.05) is 5.75 Å². The summed E-state index contributed by atoms with van der Waals surface area (Å²) in [5.41, 5.74) is 1.87. The molecule has 2 heterocycles. The maximum atomic E-state index is 12.9. The number of carbonyl (C=O) groups excluding carboxylic acids is 1. The predicted octanol–water partition coefficient (Wildman–Crippen LogP) is 4.36. The number of benzene rings is 1. The van der Waals surface area contributed by atoms with Crippen molar-refractivity contribution < 1.29 is 4.79 Å². The lowest BCUT2D eigenvalue weighted by molar-refractivity contribution is -0.122. The number of carbonyl (C=O) groups is 1. The van der Waals surface area contributed by atoms with Gasteiger partial charge >= 0.3 is 0 Å². The molecule has 1 N–H and O–H groups in total. The van der Waals surface area contributed by atoms with E-state index in [4.69, 9.17) is 0 Å². The van der Waals surface area contributed by atoms with Gasteiger partial charge in [0.05, 0.1) is 5.75 Å². The summed E-state index contributed by atoms with van der Waals surface area (Å²) in [6.45, 7) is 0. The van der Waals surface area contributed by atoms with Gasteiger partial charge in [0.15, 0.2) is 11.0 Å². The third kappa shape index (κ3) is 3.72. The molecule has 1 amide bonds. The minimum Gasteiger partial charge on any atom is -0.352 e. The zero-order chi connectivity index (χ0) is 21.5. The highest BCUT2D eigenvalue weighted by Crippen LogP contribution is 2.53. The Labute approximate surface area is 192 Å². The second-order valence-electron chi connectivity index (χ2n) is 9.53. The lowest BCUT2D eigenvalue weighted by Gasteiger charge is -2.54. The van der Waals surface area contributed by atoms with E-state index in [9.17, 15) is 4.79 Å². The lowest BCUT2D eigenvalue weighted by Crippen LogP contribution is -2.56. The molecule has 6 nitrogen and oxygen atoms in total. The van der Waals surface area contributed by atoms with Crippen LogP contribution in [0.4, 0.5) is 0 Å². The molecule has 0 atom stereocenters. The van der Waals surface area contributed by atoms with Gasteiger partial charge in [-0.15, -0.1) is 10.2 Å².